The number of pyridine rings is 1. The van der Waals surface area contributed by atoms with Gasteiger partial charge in [0.2, 0.25) is 0 Å². The third-order valence-corrected chi connectivity index (χ3v) is 4.43. The van der Waals surface area contributed by atoms with E-state index in [4.69, 9.17) is 9.47 Å². The number of amides is 2. The number of likely N-dealkylation sites (N-methyl/N-ethyl adjacent to an activating group) is 1. The fourth-order valence-corrected chi connectivity index (χ4v) is 2.79. The van der Waals surface area contributed by atoms with E-state index in [0.717, 1.165) is 11.1 Å². The predicted molar refractivity (Wildman–Crippen MR) is 106 cm³/mol. The van der Waals surface area contributed by atoms with Crippen molar-refractivity contribution >= 4 is 11.8 Å². The highest BCUT2D eigenvalue weighted by atomic mass is 16.5. The van der Waals surface area contributed by atoms with Crippen molar-refractivity contribution in [3.05, 3.63) is 53.9 Å². The van der Waals surface area contributed by atoms with Gasteiger partial charge in [0.05, 0.1) is 14.2 Å². The highest BCUT2D eigenvalue weighted by Crippen LogP contribution is 2.27. The molecule has 1 aromatic heterocycles. The van der Waals surface area contributed by atoms with Gasteiger partial charge in [-0.15, -0.1) is 0 Å². The second-order valence-corrected chi connectivity index (χ2v) is 6.19. The molecule has 1 N–H and O–H groups in total. The molecule has 0 saturated carbocycles. The summed E-state index contributed by atoms with van der Waals surface area (Å²) in [4.78, 5) is 30.1. The Bertz CT molecular complexity index is 780. The van der Waals surface area contributed by atoms with Crippen LogP contribution in [-0.2, 0) is 22.4 Å². The molecule has 0 radical (unpaired) electrons. The summed E-state index contributed by atoms with van der Waals surface area (Å²) in [7, 11) is 3.16. The van der Waals surface area contributed by atoms with E-state index in [1.807, 2.05) is 37.3 Å². The Morgan fingerprint density at radius 3 is 2.36 bits per heavy atom. The van der Waals surface area contributed by atoms with Crippen LogP contribution in [0.5, 0.6) is 11.5 Å². The summed E-state index contributed by atoms with van der Waals surface area (Å²) in [6.45, 7) is 3.19. The van der Waals surface area contributed by atoms with E-state index < -0.39 is 11.8 Å². The number of benzene rings is 1. The minimum atomic E-state index is -0.586. The monoisotopic (exact) mass is 385 g/mol. The topological polar surface area (TPSA) is 80.8 Å². The number of nitrogens with zero attached hydrogens (tertiary/aromatic N) is 2. The smallest absolute Gasteiger partial charge is 0.311 e. The maximum Gasteiger partial charge on any atom is 0.311 e. The van der Waals surface area contributed by atoms with Crippen LogP contribution in [0.1, 0.15) is 18.1 Å². The van der Waals surface area contributed by atoms with Crippen molar-refractivity contribution in [1.82, 2.24) is 15.2 Å². The molecule has 0 spiro atoms. The number of rotatable bonds is 9. The van der Waals surface area contributed by atoms with E-state index in [9.17, 15) is 9.59 Å². The molecule has 2 aromatic rings. The molecule has 7 nitrogen and oxygen atoms in total. The summed E-state index contributed by atoms with van der Waals surface area (Å²) in [5.74, 6) is 0.190. The minimum Gasteiger partial charge on any atom is -0.493 e. The lowest BCUT2D eigenvalue weighted by Gasteiger charge is -2.20. The number of ether oxygens (including phenoxy) is 2. The molecule has 28 heavy (non-hydrogen) atoms. The first kappa shape index (κ1) is 21.2. The van der Waals surface area contributed by atoms with Gasteiger partial charge in [-0.1, -0.05) is 6.07 Å². The third kappa shape index (κ3) is 5.97. The van der Waals surface area contributed by atoms with E-state index in [1.165, 1.54) is 0 Å². The van der Waals surface area contributed by atoms with Gasteiger partial charge < -0.3 is 19.7 Å². The second kappa shape index (κ2) is 10.9. The van der Waals surface area contributed by atoms with Crippen molar-refractivity contribution in [2.24, 2.45) is 0 Å². The number of methoxy groups -OCH3 is 2. The molecule has 0 aliphatic heterocycles. The van der Waals surface area contributed by atoms with Gasteiger partial charge in [-0.05, 0) is 55.2 Å². The Hall–Kier alpha value is -3.09. The van der Waals surface area contributed by atoms with E-state index in [1.54, 1.807) is 31.5 Å². The molecule has 0 bridgehead atoms. The zero-order valence-corrected chi connectivity index (χ0v) is 16.6. The summed E-state index contributed by atoms with van der Waals surface area (Å²) in [6.07, 6.45) is 4.70. The number of nitrogens with one attached hydrogen (secondary N) is 1. The molecule has 0 aliphatic rings. The summed E-state index contributed by atoms with van der Waals surface area (Å²) in [5.41, 5.74) is 2.06. The number of carbonyl (C=O) groups is 2. The molecule has 0 atom stereocenters. The van der Waals surface area contributed by atoms with Crippen molar-refractivity contribution in [2.75, 3.05) is 33.9 Å². The van der Waals surface area contributed by atoms with Crippen molar-refractivity contribution < 1.29 is 19.1 Å². The van der Waals surface area contributed by atoms with Crippen LogP contribution in [0.15, 0.2) is 42.7 Å². The van der Waals surface area contributed by atoms with E-state index in [2.05, 4.69) is 10.3 Å². The highest BCUT2D eigenvalue weighted by molar-refractivity contribution is 6.35. The molecule has 0 unspecified atom stereocenters. The lowest BCUT2D eigenvalue weighted by atomic mass is 10.1. The molecule has 0 saturated heterocycles. The zero-order valence-electron chi connectivity index (χ0n) is 16.6. The van der Waals surface area contributed by atoms with Crippen LogP contribution in [0.3, 0.4) is 0 Å². The normalized spacial score (nSPS) is 10.2. The molecule has 150 valence electrons. The van der Waals surface area contributed by atoms with Crippen molar-refractivity contribution in [1.29, 1.82) is 0 Å². The standard InChI is InChI=1S/C21H27N3O4/c1-4-24(14-10-16-7-11-22-12-8-16)21(26)20(25)23-13-9-17-5-6-18(27-2)19(15-17)28-3/h5-8,11-12,15H,4,9-10,13-14H2,1-3H3,(H,23,25). The largest absolute Gasteiger partial charge is 0.493 e. The Labute approximate surface area is 165 Å². The van der Waals surface area contributed by atoms with E-state index >= 15 is 0 Å². The molecule has 0 aliphatic carbocycles. The average molecular weight is 385 g/mol. The SMILES string of the molecule is CCN(CCc1ccncc1)C(=O)C(=O)NCCc1ccc(OC)c(OC)c1. The van der Waals surface area contributed by atoms with Crippen LogP contribution in [0, 0.1) is 0 Å². The van der Waals surface area contributed by atoms with Crippen LogP contribution in [-0.4, -0.2) is 55.6 Å². The Kier molecular flexibility index (Phi) is 8.27. The van der Waals surface area contributed by atoms with Crippen LogP contribution < -0.4 is 14.8 Å². The first-order valence-corrected chi connectivity index (χ1v) is 9.26. The van der Waals surface area contributed by atoms with Gasteiger partial charge in [0, 0.05) is 32.0 Å². The maximum atomic E-state index is 12.4. The van der Waals surface area contributed by atoms with Crippen LogP contribution in [0.4, 0.5) is 0 Å². The zero-order chi connectivity index (χ0) is 20.4. The van der Waals surface area contributed by atoms with Gasteiger partial charge >= 0.3 is 11.8 Å². The van der Waals surface area contributed by atoms with Crippen LogP contribution in [0.25, 0.3) is 0 Å². The highest BCUT2D eigenvalue weighted by Gasteiger charge is 2.20. The van der Waals surface area contributed by atoms with E-state index in [0.29, 0.717) is 44.0 Å². The Morgan fingerprint density at radius 1 is 1.00 bits per heavy atom. The first-order chi connectivity index (χ1) is 13.6. The number of aromatic nitrogens is 1. The van der Waals surface area contributed by atoms with Crippen molar-refractivity contribution in [2.45, 2.75) is 19.8 Å². The molecule has 2 rings (SSSR count). The van der Waals surface area contributed by atoms with Crippen LogP contribution in [0.2, 0.25) is 0 Å². The fraction of sp³-hybridized carbons (Fsp3) is 0.381. The first-order valence-electron chi connectivity index (χ1n) is 9.26. The molecule has 7 heteroatoms. The lowest BCUT2D eigenvalue weighted by Crippen LogP contribution is -2.44. The summed E-state index contributed by atoms with van der Waals surface area (Å²) >= 11 is 0. The number of carbonyl (C=O) groups excluding carboxylic acids is 2. The maximum absolute atomic E-state index is 12.4. The third-order valence-electron chi connectivity index (χ3n) is 4.43. The van der Waals surface area contributed by atoms with Gasteiger partial charge in [0.1, 0.15) is 0 Å². The summed E-state index contributed by atoms with van der Waals surface area (Å²) < 4.78 is 10.5. The van der Waals surface area contributed by atoms with Gasteiger partial charge in [-0.2, -0.15) is 0 Å². The molecule has 2 amide bonds. The fourth-order valence-electron chi connectivity index (χ4n) is 2.79. The van der Waals surface area contributed by atoms with Gasteiger partial charge in [0.25, 0.3) is 0 Å². The average Bonchev–Trinajstić information content (AvgIpc) is 2.74. The van der Waals surface area contributed by atoms with Gasteiger partial charge in [0.15, 0.2) is 11.5 Å². The summed E-state index contributed by atoms with van der Waals surface area (Å²) in [6, 6.07) is 9.39. The molecule has 0 fully saturated rings. The number of hydrogen-bond donors (Lipinski definition) is 1. The van der Waals surface area contributed by atoms with Crippen molar-refractivity contribution in [3.63, 3.8) is 0 Å². The minimum absolute atomic E-state index is 0.363. The quantitative estimate of drug-likeness (QED) is 0.667. The Morgan fingerprint density at radius 2 is 1.71 bits per heavy atom. The lowest BCUT2D eigenvalue weighted by molar-refractivity contribution is -0.145. The van der Waals surface area contributed by atoms with E-state index in [-0.39, 0.29) is 0 Å². The molecule has 1 heterocycles. The molecule has 1 aromatic carbocycles. The van der Waals surface area contributed by atoms with Gasteiger partial charge in [-0.3, -0.25) is 14.6 Å². The number of hydrogen-bond acceptors (Lipinski definition) is 5. The second-order valence-electron chi connectivity index (χ2n) is 6.19. The van der Waals surface area contributed by atoms with Gasteiger partial charge in [-0.25, -0.2) is 0 Å². The van der Waals surface area contributed by atoms with Crippen molar-refractivity contribution in [3.8, 4) is 11.5 Å². The predicted octanol–water partition coefficient (Wildman–Crippen LogP) is 1.85. The summed E-state index contributed by atoms with van der Waals surface area (Å²) in [5, 5.41) is 2.70. The van der Waals surface area contributed by atoms with Crippen LogP contribution >= 0.6 is 0 Å². The molecular weight excluding hydrogens is 358 g/mol. The Balaban J connectivity index is 1.83. The molecular formula is C21H27N3O4.